The van der Waals surface area contributed by atoms with Gasteiger partial charge >= 0.3 is 5.97 Å². The highest BCUT2D eigenvalue weighted by molar-refractivity contribution is 5.98. The van der Waals surface area contributed by atoms with E-state index >= 15 is 0 Å². The SMILES string of the molecule is COC(=O)c1nc(C)c2ccc(-c3ccc(OC)nc3)cc2c1C. The van der Waals surface area contributed by atoms with E-state index in [2.05, 4.69) is 16.0 Å². The topological polar surface area (TPSA) is 61.3 Å². The van der Waals surface area contributed by atoms with Crippen LogP contribution in [0, 0.1) is 13.8 Å². The molecule has 2 aromatic heterocycles. The minimum atomic E-state index is -0.422. The van der Waals surface area contributed by atoms with Crippen molar-refractivity contribution in [3.63, 3.8) is 0 Å². The van der Waals surface area contributed by atoms with E-state index in [0.717, 1.165) is 33.2 Å². The highest BCUT2D eigenvalue weighted by atomic mass is 16.5. The number of ether oxygens (including phenoxy) is 2. The Balaban J connectivity index is 2.18. The van der Waals surface area contributed by atoms with E-state index in [1.165, 1.54) is 7.11 Å². The predicted octanol–water partition coefficient (Wildman–Crippen LogP) is 3.71. The molecule has 0 amide bonds. The molecule has 1 aromatic carbocycles. The average Bonchev–Trinajstić information content (AvgIpc) is 2.63. The highest BCUT2D eigenvalue weighted by Crippen LogP contribution is 2.29. The monoisotopic (exact) mass is 322 g/mol. The van der Waals surface area contributed by atoms with Crippen molar-refractivity contribution in [2.24, 2.45) is 0 Å². The van der Waals surface area contributed by atoms with Crippen LogP contribution in [0.3, 0.4) is 0 Å². The van der Waals surface area contributed by atoms with Crippen molar-refractivity contribution in [3.05, 3.63) is 53.5 Å². The summed E-state index contributed by atoms with van der Waals surface area (Å²) in [6, 6.07) is 9.87. The minimum Gasteiger partial charge on any atom is -0.481 e. The molecule has 0 N–H and O–H groups in total. The van der Waals surface area contributed by atoms with Gasteiger partial charge in [0.2, 0.25) is 5.88 Å². The summed E-state index contributed by atoms with van der Waals surface area (Å²) in [5, 5.41) is 2.00. The molecule has 0 aliphatic heterocycles. The highest BCUT2D eigenvalue weighted by Gasteiger charge is 2.16. The lowest BCUT2D eigenvalue weighted by atomic mass is 9.98. The number of hydrogen-bond donors (Lipinski definition) is 0. The Morgan fingerprint density at radius 1 is 1.00 bits per heavy atom. The molecule has 3 rings (SSSR count). The predicted molar refractivity (Wildman–Crippen MR) is 92.3 cm³/mol. The molecule has 24 heavy (non-hydrogen) atoms. The van der Waals surface area contributed by atoms with Gasteiger partial charge in [0, 0.05) is 28.9 Å². The largest absolute Gasteiger partial charge is 0.481 e. The molecule has 0 aliphatic carbocycles. The molecule has 0 spiro atoms. The van der Waals surface area contributed by atoms with Crippen molar-refractivity contribution < 1.29 is 14.3 Å². The van der Waals surface area contributed by atoms with Crippen LogP contribution in [0.1, 0.15) is 21.7 Å². The summed E-state index contributed by atoms with van der Waals surface area (Å²) in [6.07, 6.45) is 1.77. The fourth-order valence-electron chi connectivity index (χ4n) is 2.76. The molecule has 0 fully saturated rings. The fourth-order valence-corrected chi connectivity index (χ4v) is 2.76. The van der Waals surface area contributed by atoms with Gasteiger partial charge in [-0.1, -0.05) is 12.1 Å². The smallest absolute Gasteiger partial charge is 0.356 e. The number of aromatic nitrogens is 2. The fraction of sp³-hybridized carbons (Fsp3) is 0.211. The summed E-state index contributed by atoms with van der Waals surface area (Å²) < 4.78 is 9.93. The van der Waals surface area contributed by atoms with Crippen LogP contribution in [0.5, 0.6) is 5.88 Å². The lowest BCUT2D eigenvalue weighted by Crippen LogP contribution is -2.08. The molecular formula is C19H18N2O3. The van der Waals surface area contributed by atoms with Crippen molar-refractivity contribution in [1.29, 1.82) is 0 Å². The molecule has 0 aliphatic rings. The maximum absolute atomic E-state index is 11.9. The van der Waals surface area contributed by atoms with Crippen LogP contribution in [0.15, 0.2) is 36.5 Å². The number of rotatable bonds is 3. The molecule has 5 heteroatoms. The first-order valence-electron chi connectivity index (χ1n) is 7.55. The first-order chi connectivity index (χ1) is 11.5. The molecule has 2 heterocycles. The van der Waals surface area contributed by atoms with Crippen molar-refractivity contribution in [3.8, 4) is 17.0 Å². The number of pyridine rings is 2. The summed E-state index contributed by atoms with van der Waals surface area (Å²) in [7, 11) is 2.95. The van der Waals surface area contributed by atoms with Crippen LogP contribution in [0.2, 0.25) is 0 Å². The van der Waals surface area contributed by atoms with Gasteiger partial charge < -0.3 is 9.47 Å². The Kier molecular flexibility index (Phi) is 4.16. The lowest BCUT2D eigenvalue weighted by molar-refractivity contribution is 0.0593. The van der Waals surface area contributed by atoms with Gasteiger partial charge in [-0.15, -0.1) is 0 Å². The Bertz CT molecular complexity index is 918. The van der Waals surface area contributed by atoms with E-state index in [1.54, 1.807) is 13.3 Å². The zero-order valence-electron chi connectivity index (χ0n) is 14.1. The summed E-state index contributed by atoms with van der Waals surface area (Å²) >= 11 is 0. The van der Waals surface area contributed by atoms with Gasteiger partial charge in [-0.05, 0) is 42.5 Å². The van der Waals surface area contributed by atoms with Gasteiger partial charge in [-0.2, -0.15) is 0 Å². The molecule has 0 atom stereocenters. The van der Waals surface area contributed by atoms with Gasteiger partial charge in [0.05, 0.1) is 14.2 Å². The van der Waals surface area contributed by atoms with Crippen LogP contribution in [0.25, 0.3) is 21.9 Å². The summed E-state index contributed by atoms with van der Waals surface area (Å²) in [5.41, 5.74) is 3.96. The number of carbonyl (C=O) groups is 1. The Labute approximate surface area is 140 Å². The number of methoxy groups -OCH3 is 2. The molecule has 0 unspecified atom stereocenters. The molecule has 122 valence electrons. The maximum atomic E-state index is 11.9. The molecule has 0 saturated carbocycles. The Morgan fingerprint density at radius 3 is 2.38 bits per heavy atom. The third kappa shape index (κ3) is 2.69. The third-order valence-corrected chi connectivity index (χ3v) is 4.11. The molecule has 0 saturated heterocycles. The zero-order valence-corrected chi connectivity index (χ0v) is 14.1. The van der Waals surface area contributed by atoms with Crippen molar-refractivity contribution in [2.45, 2.75) is 13.8 Å². The maximum Gasteiger partial charge on any atom is 0.356 e. The Hall–Kier alpha value is -2.95. The zero-order chi connectivity index (χ0) is 17.3. The number of aryl methyl sites for hydroxylation is 2. The lowest BCUT2D eigenvalue weighted by Gasteiger charge is -2.12. The van der Waals surface area contributed by atoms with Gasteiger partial charge in [0.25, 0.3) is 0 Å². The van der Waals surface area contributed by atoms with Crippen molar-refractivity contribution in [1.82, 2.24) is 9.97 Å². The van der Waals surface area contributed by atoms with E-state index in [9.17, 15) is 4.79 Å². The second-order valence-electron chi connectivity index (χ2n) is 5.51. The van der Waals surface area contributed by atoms with Gasteiger partial charge in [0.15, 0.2) is 5.69 Å². The van der Waals surface area contributed by atoms with E-state index in [0.29, 0.717) is 11.6 Å². The minimum absolute atomic E-state index is 0.354. The third-order valence-electron chi connectivity index (χ3n) is 4.11. The van der Waals surface area contributed by atoms with E-state index < -0.39 is 5.97 Å². The number of benzene rings is 1. The van der Waals surface area contributed by atoms with Crippen LogP contribution >= 0.6 is 0 Å². The second-order valence-corrected chi connectivity index (χ2v) is 5.51. The summed E-state index contributed by atoms with van der Waals surface area (Å²) in [5.74, 6) is 0.151. The molecule has 0 radical (unpaired) electrons. The van der Waals surface area contributed by atoms with Gasteiger partial charge in [-0.25, -0.2) is 14.8 Å². The average molecular weight is 322 g/mol. The first-order valence-corrected chi connectivity index (χ1v) is 7.55. The number of esters is 1. The van der Waals surface area contributed by atoms with Crippen LogP contribution in [0.4, 0.5) is 0 Å². The number of nitrogens with zero attached hydrogens (tertiary/aromatic N) is 2. The molecule has 5 nitrogen and oxygen atoms in total. The van der Waals surface area contributed by atoms with Gasteiger partial charge in [-0.3, -0.25) is 0 Å². The quantitative estimate of drug-likeness (QED) is 0.688. The summed E-state index contributed by atoms with van der Waals surface area (Å²) in [4.78, 5) is 20.6. The molecular weight excluding hydrogens is 304 g/mol. The second kappa shape index (κ2) is 6.28. The van der Waals surface area contributed by atoms with Crippen LogP contribution in [-0.4, -0.2) is 30.2 Å². The normalized spacial score (nSPS) is 10.7. The van der Waals surface area contributed by atoms with Crippen LogP contribution < -0.4 is 4.74 Å². The van der Waals surface area contributed by atoms with Crippen molar-refractivity contribution >= 4 is 16.7 Å². The molecule has 0 bridgehead atoms. The van der Waals surface area contributed by atoms with E-state index in [1.807, 2.05) is 38.1 Å². The van der Waals surface area contributed by atoms with Gasteiger partial charge in [0.1, 0.15) is 0 Å². The standard InChI is InChI=1S/C19H18N2O3/c1-11-16-9-13(14-6-8-17(23-3)20-10-14)5-7-15(16)12(2)21-18(11)19(22)24-4/h5-10H,1-4H3. The number of hydrogen-bond acceptors (Lipinski definition) is 5. The first kappa shape index (κ1) is 15.9. The summed E-state index contributed by atoms with van der Waals surface area (Å²) in [6.45, 7) is 3.78. The van der Waals surface area contributed by atoms with E-state index in [-0.39, 0.29) is 0 Å². The van der Waals surface area contributed by atoms with Crippen LogP contribution in [-0.2, 0) is 4.74 Å². The number of carbonyl (C=O) groups excluding carboxylic acids is 1. The molecule has 3 aromatic rings. The Morgan fingerprint density at radius 2 is 1.75 bits per heavy atom. The number of fused-ring (bicyclic) bond motifs is 1. The van der Waals surface area contributed by atoms with E-state index in [4.69, 9.17) is 9.47 Å². The van der Waals surface area contributed by atoms with Crippen molar-refractivity contribution in [2.75, 3.05) is 14.2 Å².